The molecule has 5 nitrogen and oxygen atoms in total. The summed E-state index contributed by atoms with van der Waals surface area (Å²) < 4.78 is 0. The first kappa shape index (κ1) is 12.4. The molecule has 0 aliphatic carbocycles. The summed E-state index contributed by atoms with van der Waals surface area (Å²) in [6.45, 7) is 5.26. The minimum absolute atomic E-state index is 0.175. The largest absolute Gasteiger partial charge is 0.381 e. The van der Waals surface area contributed by atoms with Crippen molar-refractivity contribution in [3.05, 3.63) is 21.6 Å². The van der Waals surface area contributed by atoms with Crippen molar-refractivity contribution in [3.63, 3.8) is 0 Å². The lowest BCUT2D eigenvalue weighted by Gasteiger charge is -2.24. The van der Waals surface area contributed by atoms with Gasteiger partial charge < -0.3 is 5.32 Å². The molecule has 0 amide bonds. The van der Waals surface area contributed by atoms with Gasteiger partial charge in [0.05, 0.1) is 11.9 Å². The highest BCUT2D eigenvalue weighted by Crippen LogP contribution is 2.16. The molecule has 2 N–H and O–H groups in total. The Kier molecular flexibility index (Phi) is 4.02. The molecule has 1 aromatic heterocycles. The van der Waals surface area contributed by atoms with Crippen molar-refractivity contribution in [2.24, 2.45) is 0 Å². The monoisotopic (exact) mass is 256 g/mol. The first-order valence-electron chi connectivity index (χ1n) is 5.89. The van der Waals surface area contributed by atoms with Gasteiger partial charge in [0.25, 0.3) is 5.56 Å². The van der Waals surface area contributed by atoms with Crippen LogP contribution in [-0.4, -0.2) is 40.8 Å². The molecule has 1 atom stereocenters. The zero-order valence-corrected chi connectivity index (χ0v) is 10.6. The number of anilines is 1. The molecule has 0 saturated carbocycles. The summed E-state index contributed by atoms with van der Waals surface area (Å²) in [5, 5.41) is 9.37. The Morgan fingerprint density at radius 1 is 1.59 bits per heavy atom. The Bertz CT molecular complexity index is 428. The molecule has 6 heteroatoms. The lowest BCUT2D eigenvalue weighted by Crippen LogP contribution is -2.35. The van der Waals surface area contributed by atoms with Gasteiger partial charge in [-0.3, -0.25) is 9.69 Å². The van der Waals surface area contributed by atoms with E-state index in [1.54, 1.807) is 6.20 Å². The molecule has 2 rings (SSSR count). The summed E-state index contributed by atoms with van der Waals surface area (Å²) in [4.78, 5) is 13.7. The van der Waals surface area contributed by atoms with E-state index in [1.807, 2.05) is 0 Å². The minimum Gasteiger partial charge on any atom is -0.381 e. The van der Waals surface area contributed by atoms with Gasteiger partial charge in [-0.2, -0.15) is 5.10 Å². The number of halogens is 1. The number of nitrogens with zero attached hydrogens (tertiary/aromatic N) is 2. The van der Waals surface area contributed by atoms with Gasteiger partial charge in [0.15, 0.2) is 0 Å². The number of hydrogen-bond donors (Lipinski definition) is 2. The molecule has 1 fully saturated rings. The standard InChI is InChI=1S/C11H17ClN4O/c1-8(16-4-2-3-5-16)6-13-9-7-14-15-11(17)10(9)12/h7-8H,2-6H2,1H3,(H2,13,15,17). The fourth-order valence-corrected chi connectivity index (χ4v) is 2.23. The highest BCUT2D eigenvalue weighted by Gasteiger charge is 2.18. The first-order chi connectivity index (χ1) is 8.18. The maximum atomic E-state index is 11.2. The van der Waals surface area contributed by atoms with Crippen molar-refractivity contribution < 1.29 is 0 Å². The number of H-pyrrole nitrogens is 1. The minimum atomic E-state index is -0.356. The van der Waals surface area contributed by atoms with Gasteiger partial charge in [-0.25, -0.2) is 5.10 Å². The zero-order chi connectivity index (χ0) is 12.3. The van der Waals surface area contributed by atoms with Crippen LogP contribution in [0.2, 0.25) is 5.02 Å². The van der Waals surface area contributed by atoms with Crippen LogP contribution in [0.4, 0.5) is 5.69 Å². The average molecular weight is 257 g/mol. The van der Waals surface area contributed by atoms with E-state index in [1.165, 1.54) is 12.8 Å². The van der Waals surface area contributed by atoms with Crippen molar-refractivity contribution >= 4 is 17.3 Å². The van der Waals surface area contributed by atoms with Crippen LogP contribution in [0, 0.1) is 0 Å². The number of aromatic nitrogens is 2. The maximum absolute atomic E-state index is 11.2. The van der Waals surface area contributed by atoms with Crippen LogP contribution in [0.3, 0.4) is 0 Å². The Morgan fingerprint density at radius 2 is 2.29 bits per heavy atom. The molecule has 94 valence electrons. The Balaban J connectivity index is 1.93. The first-order valence-corrected chi connectivity index (χ1v) is 6.27. The third-order valence-corrected chi connectivity index (χ3v) is 3.52. The van der Waals surface area contributed by atoms with Crippen LogP contribution in [-0.2, 0) is 0 Å². The summed E-state index contributed by atoms with van der Waals surface area (Å²) >= 11 is 5.88. The summed E-state index contributed by atoms with van der Waals surface area (Å²) in [7, 11) is 0. The van der Waals surface area contributed by atoms with Crippen LogP contribution in [0.15, 0.2) is 11.0 Å². The predicted molar refractivity (Wildman–Crippen MR) is 68.6 cm³/mol. The molecule has 0 bridgehead atoms. The van der Waals surface area contributed by atoms with Crippen LogP contribution in [0.1, 0.15) is 19.8 Å². The van der Waals surface area contributed by atoms with Crippen molar-refractivity contribution in [1.29, 1.82) is 0 Å². The Hall–Kier alpha value is -1.07. The van der Waals surface area contributed by atoms with Crippen LogP contribution < -0.4 is 10.9 Å². The second-order valence-corrected chi connectivity index (χ2v) is 4.78. The molecular weight excluding hydrogens is 240 g/mol. The van der Waals surface area contributed by atoms with E-state index in [0.717, 1.165) is 19.6 Å². The number of hydrogen-bond acceptors (Lipinski definition) is 4. The summed E-state index contributed by atoms with van der Waals surface area (Å²) in [6, 6.07) is 0.438. The van der Waals surface area contributed by atoms with Crippen molar-refractivity contribution in [2.75, 3.05) is 25.0 Å². The normalized spacial score (nSPS) is 18.2. The van der Waals surface area contributed by atoms with Gasteiger partial charge in [0.2, 0.25) is 0 Å². The fraction of sp³-hybridized carbons (Fsp3) is 0.636. The smallest absolute Gasteiger partial charge is 0.285 e. The molecule has 2 heterocycles. The van der Waals surface area contributed by atoms with Crippen LogP contribution in [0.25, 0.3) is 0 Å². The molecule has 0 radical (unpaired) electrons. The second kappa shape index (κ2) is 5.51. The van der Waals surface area contributed by atoms with Gasteiger partial charge in [0.1, 0.15) is 5.02 Å². The molecular formula is C11H17ClN4O. The van der Waals surface area contributed by atoms with Crippen molar-refractivity contribution in [1.82, 2.24) is 15.1 Å². The molecule has 1 aliphatic heterocycles. The van der Waals surface area contributed by atoms with Crippen molar-refractivity contribution in [3.8, 4) is 0 Å². The summed E-state index contributed by atoms with van der Waals surface area (Å²) in [5.41, 5.74) is 0.243. The number of rotatable bonds is 4. The van der Waals surface area contributed by atoms with Crippen LogP contribution in [0.5, 0.6) is 0 Å². The molecule has 1 aliphatic rings. The Labute approximate surface area is 105 Å². The average Bonchev–Trinajstić information content (AvgIpc) is 2.84. The number of nitrogens with one attached hydrogen (secondary N) is 2. The molecule has 17 heavy (non-hydrogen) atoms. The number of aromatic amines is 1. The van der Waals surface area contributed by atoms with E-state index in [2.05, 4.69) is 27.3 Å². The van der Waals surface area contributed by atoms with E-state index >= 15 is 0 Å². The fourth-order valence-electron chi connectivity index (χ4n) is 2.08. The third kappa shape index (κ3) is 2.98. The highest BCUT2D eigenvalue weighted by atomic mass is 35.5. The highest BCUT2D eigenvalue weighted by molar-refractivity contribution is 6.32. The molecule has 0 spiro atoms. The number of likely N-dealkylation sites (tertiary alicyclic amines) is 1. The Morgan fingerprint density at radius 3 is 3.00 bits per heavy atom. The molecule has 0 aromatic carbocycles. The van der Waals surface area contributed by atoms with Gasteiger partial charge in [-0.1, -0.05) is 11.6 Å². The maximum Gasteiger partial charge on any atom is 0.285 e. The topological polar surface area (TPSA) is 61.0 Å². The van der Waals surface area contributed by atoms with E-state index in [9.17, 15) is 4.79 Å². The second-order valence-electron chi connectivity index (χ2n) is 4.40. The lowest BCUT2D eigenvalue weighted by molar-refractivity contribution is 0.269. The van der Waals surface area contributed by atoms with E-state index in [0.29, 0.717) is 11.7 Å². The molecule has 1 aromatic rings. The van der Waals surface area contributed by atoms with Crippen LogP contribution >= 0.6 is 11.6 Å². The van der Waals surface area contributed by atoms with E-state index < -0.39 is 0 Å². The lowest BCUT2D eigenvalue weighted by atomic mass is 10.3. The SMILES string of the molecule is CC(CNc1cn[nH]c(=O)c1Cl)N1CCCC1. The van der Waals surface area contributed by atoms with Gasteiger partial charge in [-0.05, 0) is 32.9 Å². The molecule has 1 unspecified atom stereocenters. The summed E-state index contributed by atoms with van der Waals surface area (Å²) in [5.74, 6) is 0. The van der Waals surface area contributed by atoms with E-state index in [-0.39, 0.29) is 10.6 Å². The predicted octanol–water partition coefficient (Wildman–Crippen LogP) is 1.32. The summed E-state index contributed by atoms with van der Waals surface area (Å²) in [6.07, 6.45) is 4.09. The quantitative estimate of drug-likeness (QED) is 0.853. The van der Waals surface area contributed by atoms with E-state index in [4.69, 9.17) is 11.6 Å². The van der Waals surface area contributed by atoms with Gasteiger partial charge >= 0.3 is 0 Å². The third-order valence-electron chi connectivity index (χ3n) is 3.15. The molecule has 1 saturated heterocycles. The zero-order valence-electron chi connectivity index (χ0n) is 9.87. The van der Waals surface area contributed by atoms with Gasteiger partial charge in [0, 0.05) is 12.6 Å². The van der Waals surface area contributed by atoms with Gasteiger partial charge in [-0.15, -0.1) is 0 Å². The van der Waals surface area contributed by atoms with Crippen molar-refractivity contribution in [2.45, 2.75) is 25.8 Å².